The van der Waals surface area contributed by atoms with Crippen LogP contribution in [0.1, 0.15) is 22.8 Å². The summed E-state index contributed by atoms with van der Waals surface area (Å²) in [5.41, 5.74) is -5.05. The number of carbonyl (C=O) groups is 1. The number of benzene rings is 1. The van der Waals surface area contributed by atoms with Crippen LogP contribution in [-0.2, 0) is 4.74 Å². The van der Waals surface area contributed by atoms with Crippen molar-refractivity contribution in [1.29, 1.82) is 5.26 Å². The highest BCUT2D eigenvalue weighted by atomic mass is 35.5. The van der Waals surface area contributed by atoms with E-state index in [0.29, 0.717) is 0 Å². The van der Waals surface area contributed by atoms with Crippen LogP contribution in [0.2, 0.25) is 5.02 Å². The van der Waals surface area contributed by atoms with Gasteiger partial charge in [0.15, 0.2) is 0 Å². The smallest absolute Gasteiger partial charge is 0.446 e. The fourth-order valence-electron chi connectivity index (χ4n) is 1.25. The lowest BCUT2D eigenvalue weighted by atomic mass is 10.1. The number of alkyl halides is 3. The van der Waals surface area contributed by atoms with Crippen LogP contribution in [-0.4, -0.2) is 18.1 Å². The summed E-state index contributed by atoms with van der Waals surface area (Å²) < 4.78 is 41.9. The number of ether oxygens (including phenoxy) is 1. The van der Waals surface area contributed by atoms with Crippen molar-refractivity contribution in [1.82, 2.24) is 0 Å². The Morgan fingerprint density at radius 2 is 2.16 bits per heavy atom. The van der Waals surface area contributed by atoms with E-state index in [9.17, 15) is 18.0 Å². The van der Waals surface area contributed by atoms with Gasteiger partial charge in [-0.15, -0.1) is 0 Å². The van der Waals surface area contributed by atoms with E-state index >= 15 is 0 Å². The summed E-state index contributed by atoms with van der Waals surface area (Å²) in [6, 6.07) is 3.75. The second-order valence-corrected chi connectivity index (χ2v) is 4.73. The average Bonchev–Trinajstić information content (AvgIpc) is 2.26. The molecular formula is C11H7ClF3NO2S. The molecule has 3 nitrogen and oxygen atoms in total. The first kappa shape index (κ1) is 15.7. The number of carbonyl (C=O) groups excluding carboxylic acids is 1. The Hall–Kier alpha value is -1.39. The second-order valence-electron chi connectivity index (χ2n) is 3.21. The van der Waals surface area contributed by atoms with Gasteiger partial charge in [-0.25, -0.2) is 4.79 Å². The maximum atomic E-state index is 12.4. The minimum atomic E-state index is -4.60. The van der Waals surface area contributed by atoms with Crippen molar-refractivity contribution in [2.75, 3.05) is 6.61 Å². The Kier molecular flexibility index (Phi) is 5.09. The third kappa shape index (κ3) is 4.33. The summed E-state index contributed by atoms with van der Waals surface area (Å²) >= 11 is 5.23. The molecule has 0 amide bonds. The van der Waals surface area contributed by atoms with E-state index in [1.54, 1.807) is 6.07 Å². The number of nitrogens with zero attached hydrogens (tertiary/aromatic N) is 1. The molecule has 0 saturated carbocycles. The Labute approximate surface area is 116 Å². The standard InChI is InChI=1S/C11H7ClF3NO2S/c1-2-18-10(17)9-7(12)3-6(5-16)4-8(9)19-11(13,14)15/h3-4H,2H2,1H3. The lowest BCUT2D eigenvalue weighted by Crippen LogP contribution is -2.10. The molecule has 102 valence electrons. The molecule has 19 heavy (non-hydrogen) atoms. The summed E-state index contributed by atoms with van der Waals surface area (Å²) in [4.78, 5) is 11.2. The van der Waals surface area contributed by atoms with Gasteiger partial charge >= 0.3 is 11.5 Å². The van der Waals surface area contributed by atoms with Gasteiger partial charge in [0.05, 0.1) is 28.8 Å². The summed E-state index contributed by atoms with van der Waals surface area (Å²) in [6.45, 7) is 1.53. The number of hydrogen-bond donors (Lipinski definition) is 0. The molecule has 0 spiro atoms. The number of hydrogen-bond acceptors (Lipinski definition) is 4. The van der Waals surface area contributed by atoms with Crippen molar-refractivity contribution < 1.29 is 22.7 Å². The van der Waals surface area contributed by atoms with Crippen LogP contribution in [0.5, 0.6) is 0 Å². The number of nitriles is 1. The van der Waals surface area contributed by atoms with E-state index in [1.807, 2.05) is 0 Å². The maximum absolute atomic E-state index is 12.4. The molecule has 8 heteroatoms. The molecule has 0 bridgehead atoms. The Bertz CT molecular complexity index is 540. The van der Waals surface area contributed by atoms with Crippen LogP contribution in [0.3, 0.4) is 0 Å². The van der Waals surface area contributed by atoms with Gasteiger partial charge in [-0.05, 0) is 30.8 Å². The van der Waals surface area contributed by atoms with Crippen LogP contribution < -0.4 is 0 Å². The Morgan fingerprint density at radius 3 is 2.63 bits per heavy atom. The zero-order valence-electron chi connectivity index (χ0n) is 9.55. The lowest BCUT2D eigenvalue weighted by molar-refractivity contribution is -0.0328. The zero-order chi connectivity index (χ0) is 14.6. The third-order valence-corrected chi connectivity index (χ3v) is 2.96. The summed E-state index contributed by atoms with van der Waals surface area (Å²) in [5.74, 6) is -0.955. The highest BCUT2D eigenvalue weighted by Crippen LogP contribution is 2.41. The molecular weight excluding hydrogens is 303 g/mol. The molecule has 0 fully saturated rings. The average molecular weight is 310 g/mol. The molecule has 1 aromatic rings. The van der Waals surface area contributed by atoms with Gasteiger partial charge < -0.3 is 4.74 Å². The molecule has 1 aromatic carbocycles. The largest absolute Gasteiger partial charge is 0.462 e. The van der Waals surface area contributed by atoms with E-state index in [4.69, 9.17) is 16.9 Å². The summed E-state index contributed by atoms with van der Waals surface area (Å²) in [5, 5.41) is 8.46. The van der Waals surface area contributed by atoms with Crippen molar-refractivity contribution in [3.8, 4) is 6.07 Å². The quantitative estimate of drug-likeness (QED) is 0.625. The number of esters is 1. The Balaban J connectivity index is 3.34. The minimum absolute atomic E-state index is 0.00525. The molecule has 0 aromatic heterocycles. The predicted molar refractivity (Wildman–Crippen MR) is 64.0 cm³/mol. The minimum Gasteiger partial charge on any atom is -0.462 e. The number of halogens is 4. The first-order valence-corrected chi connectivity index (χ1v) is 6.14. The molecule has 0 saturated heterocycles. The van der Waals surface area contributed by atoms with Gasteiger partial charge in [0, 0.05) is 4.90 Å². The second kappa shape index (κ2) is 6.17. The normalized spacial score (nSPS) is 10.9. The summed E-state index contributed by atoms with van der Waals surface area (Å²) in [7, 11) is 0. The van der Waals surface area contributed by atoms with Gasteiger partial charge in [-0.3, -0.25) is 0 Å². The van der Waals surface area contributed by atoms with Crippen LogP contribution >= 0.6 is 23.4 Å². The van der Waals surface area contributed by atoms with Gasteiger partial charge in [0.1, 0.15) is 0 Å². The van der Waals surface area contributed by atoms with Crippen LogP contribution in [0.25, 0.3) is 0 Å². The van der Waals surface area contributed by atoms with Crippen molar-refractivity contribution in [2.45, 2.75) is 17.3 Å². The highest BCUT2D eigenvalue weighted by molar-refractivity contribution is 8.00. The molecule has 0 aliphatic carbocycles. The SMILES string of the molecule is CCOC(=O)c1c(Cl)cc(C#N)cc1SC(F)(F)F. The van der Waals surface area contributed by atoms with E-state index in [-0.39, 0.29) is 22.8 Å². The lowest BCUT2D eigenvalue weighted by Gasteiger charge is -2.12. The fourth-order valence-corrected chi connectivity index (χ4v) is 2.34. The van der Waals surface area contributed by atoms with E-state index < -0.39 is 28.1 Å². The molecule has 0 aliphatic heterocycles. The van der Waals surface area contributed by atoms with Crippen LogP contribution in [0, 0.1) is 11.3 Å². The van der Waals surface area contributed by atoms with Crippen molar-refractivity contribution >= 4 is 29.3 Å². The third-order valence-electron chi connectivity index (χ3n) is 1.89. The monoisotopic (exact) mass is 309 g/mol. The summed E-state index contributed by atoms with van der Waals surface area (Å²) in [6.07, 6.45) is 0. The fraction of sp³-hybridized carbons (Fsp3) is 0.273. The van der Waals surface area contributed by atoms with Crippen LogP contribution in [0.4, 0.5) is 13.2 Å². The molecule has 0 aliphatic rings. The number of thioether (sulfide) groups is 1. The van der Waals surface area contributed by atoms with Crippen molar-refractivity contribution in [2.24, 2.45) is 0 Å². The van der Waals surface area contributed by atoms with E-state index in [2.05, 4.69) is 4.74 Å². The van der Waals surface area contributed by atoms with Crippen LogP contribution in [0.15, 0.2) is 17.0 Å². The first-order valence-electron chi connectivity index (χ1n) is 4.95. The van der Waals surface area contributed by atoms with Gasteiger partial charge in [0.25, 0.3) is 0 Å². The van der Waals surface area contributed by atoms with Crippen molar-refractivity contribution in [3.05, 3.63) is 28.3 Å². The molecule has 0 heterocycles. The highest BCUT2D eigenvalue weighted by Gasteiger charge is 2.33. The molecule has 1 rings (SSSR count). The molecule has 0 N–H and O–H groups in total. The van der Waals surface area contributed by atoms with Gasteiger partial charge in [-0.2, -0.15) is 18.4 Å². The van der Waals surface area contributed by atoms with Gasteiger partial charge in [-0.1, -0.05) is 11.6 Å². The Morgan fingerprint density at radius 1 is 1.53 bits per heavy atom. The zero-order valence-corrected chi connectivity index (χ0v) is 11.1. The maximum Gasteiger partial charge on any atom is 0.446 e. The van der Waals surface area contributed by atoms with Crippen molar-refractivity contribution in [3.63, 3.8) is 0 Å². The number of rotatable bonds is 3. The topological polar surface area (TPSA) is 50.1 Å². The van der Waals surface area contributed by atoms with Gasteiger partial charge in [0.2, 0.25) is 0 Å². The van der Waals surface area contributed by atoms with E-state index in [0.717, 1.165) is 12.1 Å². The predicted octanol–water partition coefficient (Wildman–Crippen LogP) is 4.00. The molecule has 0 unspecified atom stereocenters. The first-order chi connectivity index (χ1) is 8.78. The molecule has 0 radical (unpaired) electrons. The van der Waals surface area contributed by atoms with E-state index in [1.165, 1.54) is 6.92 Å². The molecule has 0 atom stereocenters.